The number of aromatic nitrogens is 2. The summed E-state index contributed by atoms with van der Waals surface area (Å²) in [6.45, 7) is 11.4. The van der Waals surface area contributed by atoms with E-state index in [1.54, 1.807) is 7.11 Å². The largest absolute Gasteiger partial charge is 0.491 e. The first-order valence-electron chi connectivity index (χ1n) is 10.6. The second-order valence-electron chi connectivity index (χ2n) is 7.38. The van der Waals surface area contributed by atoms with Crippen LogP contribution in [-0.2, 0) is 17.7 Å². The van der Waals surface area contributed by atoms with Crippen LogP contribution in [0.25, 0.3) is 0 Å². The lowest BCUT2D eigenvalue weighted by atomic mass is 10.1. The summed E-state index contributed by atoms with van der Waals surface area (Å²) in [5.74, 6) is 3.34. The summed E-state index contributed by atoms with van der Waals surface area (Å²) in [6, 6.07) is 6.17. The van der Waals surface area contributed by atoms with Crippen LogP contribution in [0.3, 0.4) is 0 Å². The third kappa shape index (κ3) is 9.86. The standard InChI is InChI=1S/C22H35N5O3.HI/c1-6-23-22(24-11-7-8-20-26-21(16(2)3)27-30-20)25-15-18-10-9-17(4)14-19(18)29-13-12-28-5;/h9-10,14,16H,6-8,11-13,15H2,1-5H3,(H2,23,24,25);1H. The molecule has 0 atom stereocenters. The summed E-state index contributed by atoms with van der Waals surface area (Å²) in [4.78, 5) is 9.12. The van der Waals surface area contributed by atoms with Gasteiger partial charge in [0.05, 0.1) is 13.2 Å². The Morgan fingerprint density at radius 3 is 2.71 bits per heavy atom. The van der Waals surface area contributed by atoms with Crippen LogP contribution >= 0.6 is 24.0 Å². The highest BCUT2D eigenvalue weighted by molar-refractivity contribution is 14.0. The summed E-state index contributed by atoms with van der Waals surface area (Å²) < 4.78 is 16.2. The van der Waals surface area contributed by atoms with E-state index >= 15 is 0 Å². The molecule has 174 valence electrons. The smallest absolute Gasteiger partial charge is 0.226 e. The summed E-state index contributed by atoms with van der Waals surface area (Å²) >= 11 is 0. The van der Waals surface area contributed by atoms with Gasteiger partial charge in [0, 0.05) is 38.1 Å². The predicted octanol–water partition coefficient (Wildman–Crippen LogP) is 3.83. The Labute approximate surface area is 202 Å². The maximum absolute atomic E-state index is 5.86. The van der Waals surface area contributed by atoms with Gasteiger partial charge in [0.1, 0.15) is 12.4 Å². The molecule has 1 aromatic carbocycles. The van der Waals surface area contributed by atoms with Crippen molar-refractivity contribution in [3.63, 3.8) is 0 Å². The first-order valence-corrected chi connectivity index (χ1v) is 10.6. The molecule has 1 aromatic heterocycles. The molecule has 0 unspecified atom stereocenters. The van der Waals surface area contributed by atoms with Crippen molar-refractivity contribution in [3.05, 3.63) is 41.0 Å². The lowest BCUT2D eigenvalue weighted by Crippen LogP contribution is -2.37. The summed E-state index contributed by atoms with van der Waals surface area (Å²) in [5, 5.41) is 10.6. The molecule has 0 amide bonds. The van der Waals surface area contributed by atoms with Crippen molar-refractivity contribution < 1.29 is 14.0 Å². The minimum atomic E-state index is 0. The summed E-state index contributed by atoms with van der Waals surface area (Å²) in [5.41, 5.74) is 2.20. The van der Waals surface area contributed by atoms with Gasteiger partial charge in [-0.3, -0.25) is 0 Å². The number of halogens is 1. The van der Waals surface area contributed by atoms with E-state index in [-0.39, 0.29) is 29.9 Å². The molecule has 31 heavy (non-hydrogen) atoms. The SMILES string of the molecule is CCNC(=NCc1ccc(C)cc1OCCOC)NCCCc1nc(C(C)C)no1.I. The Morgan fingerprint density at radius 2 is 2.03 bits per heavy atom. The zero-order chi connectivity index (χ0) is 21.8. The fourth-order valence-electron chi connectivity index (χ4n) is 2.72. The molecule has 8 nitrogen and oxygen atoms in total. The second-order valence-corrected chi connectivity index (χ2v) is 7.38. The second kappa shape index (κ2) is 15.0. The van der Waals surface area contributed by atoms with Crippen molar-refractivity contribution in [2.75, 3.05) is 33.4 Å². The fraction of sp³-hybridized carbons (Fsp3) is 0.591. The van der Waals surface area contributed by atoms with Crippen LogP contribution in [0.4, 0.5) is 0 Å². The zero-order valence-electron chi connectivity index (χ0n) is 19.2. The number of benzene rings is 1. The van der Waals surface area contributed by atoms with Gasteiger partial charge in [-0.05, 0) is 31.9 Å². The molecular formula is C22H36IN5O3. The molecule has 2 rings (SSSR count). The Balaban J connectivity index is 0.00000480. The maximum atomic E-state index is 5.86. The normalized spacial score (nSPS) is 11.4. The van der Waals surface area contributed by atoms with Crippen molar-refractivity contribution in [2.24, 2.45) is 4.99 Å². The molecule has 1 heterocycles. The predicted molar refractivity (Wildman–Crippen MR) is 133 cm³/mol. The van der Waals surface area contributed by atoms with E-state index in [1.807, 2.05) is 13.0 Å². The van der Waals surface area contributed by atoms with Crippen LogP contribution in [0, 0.1) is 6.92 Å². The molecule has 9 heteroatoms. The molecule has 0 saturated heterocycles. The average molecular weight is 545 g/mol. The lowest BCUT2D eigenvalue weighted by molar-refractivity contribution is 0.145. The molecule has 0 saturated carbocycles. The van der Waals surface area contributed by atoms with Crippen molar-refractivity contribution >= 4 is 29.9 Å². The highest BCUT2D eigenvalue weighted by Gasteiger charge is 2.09. The molecule has 0 fully saturated rings. The minimum Gasteiger partial charge on any atom is -0.491 e. The topological polar surface area (TPSA) is 93.8 Å². The first-order chi connectivity index (χ1) is 14.5. The van der Waals surface area contributed by atoms with Gasteiger partial charge in [-0.1, -0.05) is 31.1 Å². The molecule has 0 aliphatic carbocycles. The maximum Gasteiger partial charge on any atom is 0.226 e. The van der Waals surface area contributed by atoms with E-state index in [1.165, 1.54) is 0 Å². The molecule has 2 aromatic rings. The number of hydrogen-bond acceptors (Lipinski definition) is 6. The zero-order valence-corrected chi connectivity index (χ0v) is 21.6. The van der Waals surface area contributed by atoms with Gasteiger partial charge in [-0.2, -0.15) is 4.98 Å². The van der Waals surface area contributed by atoms with Crippen molar-refractivity contribution in [3.8, 4) is 5.75 Å². The van der Waals surface area contributed by atoms with Crippen LogP contribution in [0.2, 0.25) is 0 Å². The summed E-state index contributed by atoms with van der Waals surface area (Å²) in [7, 11) is 1.67. The number of guanidine groups is 1. The van der Waals surface area contributed by atoms with Gasteiger partial charge in [-0.15, -0.1) is 24.0 Å². The van der Waals surface area contributed by atoms with Crippen molar-refractivity contribution in [1.82, 2.24) is 20.8 Å². The van der Waals surface area contributed by atoms with Gasteiger partial charge < -0.3 is 24.6 Å². The number of rotatable bonds is 12. The molecule has 0 aliphatic heterocycles. The van der Waals surface area contributed by atoms with E-state index in [0.717, 1.165) is 54.6 Å². The highest BCUT2D eigenvalue weighted by Crippen LogP contribution is 2.21. The van der Waals surface area contributed by atoms with Crippen LogP contribution in [0.5, 0.6) is 5.75 Å². The first kappa shape index (κ1) is 27.2. The average Bonchev–Trinajstić information content (AvgIpc) is 3.20. The van der Waals surface area contributed by atoms with E-state index in [4.69, 9.17) is 19.0 Å². The van der Waals surface area contributed by atoms with Crippen LogP contribution in [-0.4, -0.2) is 49.5 Å². The Morgan fingerprint density at radius 1 is 1.23 bits per heavy atom. The minimum absolute atomic E-state index is 0. The van der Waals surface area contributed by atoms with E-state index in [2.05, 4.69) is 53.7 Å². The lowest BCUT2D eigenvalue weighted by Gasteiger charge is -2.13. The molecule has 2 N–H and O–H groups in total. The number of aryl methyl sites for hydroxylation is 2. The Hall–Kier alpha value is -1.88. The van der Waals surface area contributed by atoms with E-state index < -0.39 is 0 Å². The highest BCUT2D eigenvalue weighted by atomic mass is 127. The van der Waals surface area contributed by atoms with Gasteiger partial charge in [0.25, 0.3) is 0 Å². The number of nitrogens with one attached hydrogen (secondary N) is 2. The van der Waals surface area contributed by atoms with Gasteiger partial charge >= 0.3 is 0 Å². The molecule has 0 radical (unpaired) electrons. The van der Waals surface area contributed by atoms with Crippen LogP contribution in [0.15, 0.2) is 27.7 Å². The molecule has 0 aliphatic rings. The van der Waals surface area contributed by atoms with Crippen molar-refractivity contribution in [2.45, 2.75) is 53.0 Å². The van der Waals surface area contributed by atoms with Gasteiger partial charge in [0.2, 0.25) is 5.89 Å². The quantitative estimate of drug-likeness (QED) is 0.181. The number of nitrogens with zero attached hydrogens (tertiary/aromatic N) is 3. The number of aliphatic imine (C=N–C) groups is 1. The Bertz CT molecular complexity index is 795. The van der Waals surface area contributed by atoms with Crippen LogP contribution in [0.1, 0.15) is 56.0 Å². The molecular weight excluding hydrogens is 509 g/mol. The van der Waals surface area contributed by atoms with E-state index in [0.29, 0.717) is 25.6 Å². The van der Waals surface area contributed by atoms with Gasteiger partial charge in [0.15, 0.2) is 11.8 Å². The van der Waals surface area contributed by atoms with Crippen molar-refractivity contribution in [1.29, 1.82) is 0 Å². The number of hydrogen-bond donors (Lipinski definition) is 2. The summed E-state index contributed by atoms with van der Waals surface area (Å²) in [6.07, 6.45) is 1.61. The third-order valence-electron chi connectivity index (χ3n) is 4.38. The number of methoxy groups -OCH3 is 1. The fourth-order valence-corrected chi connectivity index (χ4v) is 2.72. The molecule has 0 spiro atoms. The van der Waals surface area contributed by atoms with E-state index in [9.17, 15) is 0 Å². The van der Waals surface area contributed by atoms with Crippen LogP contribution < -0.4 is 15.4 Å². The number of ether oxygens (including phenoxy) is 2. The molecule has 0 bridgehead atoms. The third-order valence-corrected chi connectivity index (χ3v) is 4.38. The monoisotopic (exact) mass is 545 g/mol. The van der Waals surface area contributed by atoms with Gasteiger partial charge in [-0.25, -0.2) is 4.99 Å². The Kier molecular flexibility index (Phi) is 13.1.